The third-order valence-corrected chi connectivity index (χ3v) is 3.99. The zero-order valence-corrected chi connectivity index (χ0v) is 14.6. The van der Waals surface area contributed by atoms with E-state index in [1.165, 1.54) is 5.56 Å². The van der Waals surface area contributed by atoms with Gasteiger partial charge in [-0.2, -0.15) is 0 Å². The number of rotatable bonds is 7. The zero-order chi connectivity index (χ0) is 18.4. The number of carboxylic acid groups (broad SMARTS) is 1. The molecule has 3 rings (SSSR count). The van der Waals surface area contributed by atoms with E-state index in [1.807, 2.05) is 31.2 Å². The first-order valence-corrected chi connectivity index (χ1v) is 8.53. The molecule has 0 fully saturated rings. The van der Waals surface area contributed by atoms with Crippen LogP contribution in [0.4, 0.5) is 0 Å². The average molecular weight is 348 g/mol. The average Bonchev–Trinajstić information content (AvgIpc) is 2.68. The van der Waals surface area contributed by atoms with E-state index >= 15 is 0 Å². The molecule has 0 unspecified atom stereocenters. The Balaban J connectivity index is 1.83. The second kappa shape index (κ2) is 8.25. The summed E-state index contributed by atoms with van der Waals surface area (Å²) in [5, 5.41) is 9.42. The fraction of sp³-hybridized carbons (Fsp3) is 0.190. The third kappa shape index (κ3) is 4.25. The first-order valence-electron chi connectivity index (χ1n) is 8.53. The number of ether oxygens (including phenoxy) is 1. The summed E-state index contributed by atoms with van der Waals surface area (Å²) < 4.78 is 5.39. The standard InChI is InChI=1S/C21H20N2O3/c1-2-26-19-10-9-16(14-17(19)21(24)25)18-12-13-22-20(23-18)11-8-15-6-4-3-5-7-15/h3-7,9-10,12-14H,2,8,11H2,1H3,(H,24,25). The summed E-state index contributed by atoms with van der Waals surface area (Å²) in [5.74, 6) is 0.0767. The van der Waals surface area contributed by atoms with Gasteiger partial charge >= 0.3 is 5.97 Å². The highest BCUT2D eigenvalue weighted by Crippen LogP contribution is 2.26. The molecular weight excluding hydrogens is 328 g/mol. The van der Waals surface area contributed by atoms with Crippen LogP contribution in [0.25, 0.3) is 11.3 Å². The number of carboxylic acids is 1. The van der Waals surface area contributed by atoms with E-state index in [0.29, 0.717) is 18.1 Å². The molecule has 0 saturated carbocycles. The van der Waals surface area contributed by atoms with Crippen molar-refractivity contribution in [3.8, 4) is 17.0 Å². The predicted octanol–water partition coefficient (Wildman–Crippen LogP) is 4.03. The second-order valence-corrected chi connectivity index (χ2v) is 5.79. The van der Waals surface area contributed by atoms with Gasteiger partial charge in [0.25, 0.3) is 0 Å². The van der Waals surface area contributed by atoms with E-state index < -0.39 is 5.97 Å². The number of aryl methyl sites for hydroxylation is 2. The van der Waals surface area contributed by atoms with E-state index in [2.05, 4.69) is 22.1 Å². The van der Waals surface area contributed by atoms with Gasteiger partial charge < -0.3 is 9.84 Å². The molecule has 0 saturated heterocycles. The van der Waals surface area contributed by atoms with Crippen molar-refractivity contribution in [2.45, 2.75) is 19.8 Å². The molecular formula is C21H20N2O3. The van der Waals surface area contributed by atoms with Crippen molar-refractivity contribution in [1.29, 1.82) is 0 Å². The number of carbonyl (C=O) groups is 1. The quantitative estimate of drug-likeness (QED) is 0.698. The Labute approximate surface area is 152 Å². The van der Waals surface area contributed by atoms with Crippen LogP contribution in [0.3, 0.4) is 0 Å². The lowest BCUT2D eigenvalue weighted by molar-refractivity contribution is 0.0692. The largest absolute Gasteiger partial charge is 0.493 e. The van der Waals surface area contributed by atoms with Gasteiger partial charge in [0, 0.05) is 18.2 Å². The summed E-state index contributed by atoms with van der Waals surface area (Å²) >= 11 is 0. The zero-order valence-electron chi connectivity index (χ0n) is 14.6. The molecule has 0 spiro atoms. The maximum atomic E-state index is 11.5. The van der Waals surface area contributed by atoms with Crippen molar-refractivity contribution in [3.63, 3.8) is 0 Å². The lowest BCUT2D eigenvalue weighted by Crippen LogP contribution is -2.04. The summed E-state index contributed by atoms with van der Waals surface area (Å²) in [5.41, 5.74) is 2.80. The molecule has 1 heterocycles. The van der Waals surface area contributed by atoms with E-state index in [-0.39, 0.29) is 5.56 Å². The molecule has 0 bridgehead atoms. The van der Waals surface area contributed by atoms with Crippen molar-refractivity contribution >= 4 is 5.97 Å². The van der Waals surface area contributed by atoms with Gasteiger partial charge in [-0.05, 0) is 43.2 Å². The first-order chi connectivity index (χ1) is 12.7. The molecule has 0 aliphatic heterocycles. The van der Waals surface area contributed by atoms with Gasteiger partial charge in [-0.1, -0.05) is 30.3 Å². The minimum atomic E-state index is -1.02. The third-order valence-electron chi connectivity index (χ3n) is 3.99. The minimum absolute atomic E-state index is 0.133. The van der Waals surface area contributed by atoms with Crippen LogP contribution in [0, 0.1) is 0 Å². The minimum Gasteiger partial charge on any atom is -0.493 e. The summed E-state index contributed by atoms with van der Waals surface area (Å²) in [6.45, 7) is 2.24. The molecule has 26 heavy (non-hydrogen) atoms. The topological polar surface area (TPSA) is 72.3 Å². The molecule has 5 heteroatoms. The Kier molecular flexibility index (Phi) is 5.59. The molecule has 0 aliphatic rings. The Morgan fingerprint density at radius 3 is 2.62 bits per heavy atom. The summed E-state index contributed by atoms with van der Waals surface area (Å²) in [6.07, 6.45) is 3.29. The highest BCUT2D eigenvalue weighted by Gasteiger charge is 2.13. The van der Waals surface area contributed by atoms with Crippen molar-refractivity contribution in [1.82, 2.24) is 9.97 Å². The maximum Gasteiger partial charge on any atom is 0.339 e. The Bertz CT molecular complexity index is 895. The van der Waals surface area contributed by atoms with Crippen molar-refractivity contribution in [2.24, 2.45) is 0 Å². The number of aromatic nitrogens is 2. The fourth-order valence-electron chi connectivity index (χ4n) is 2.72. The van der Waals surface area contributed by atoms with Gasteiger partial charge in [0.05, 0.1) is 12.3 Å². The molecule has 0 radical (unpaired) electrons. The van der Waals surface area contributed by atoms with Crippen LogP contribution in [0.1, 0.15) is 28.7 Å². The smallest absolute Gasteiger partial charge is 0.339 e. The van der Waals surface area contributed by atoms with Crippen LogP contribution in [0.2, 0.25) is 0 Å². The van der Waals surface area contributed by atoms with Gasteiger partial charge in [0.1, 0.15) is 17.1 Å². The number of benzene rings is 2. The van der Waals surface area contributed by atoms with Gasteiger partial charge in [-0.15, -0.1) is 0 Å². The monoisotopic (exact) mass is 348 g/mol. The maximum absolute atomic E-state index is 11.5. The van der Waals surface area contributed by atoms with E-state index in [4.69, 9.17) is 4.74 Å². The molecule has 132 valence electrons. The van der Waals surface area contributed by atoms with Crippen LogP contribution in [-0.4, -0.2) is 27.7 Å². The van der Waals surface area contributed by atoms with Crippen LogP contribution in [0.5, 0.6) is 5.75 Å². The van der Waals surface area contributed by atoms with Crippen molar-refractivity contribution in [3.05, 3.63) is 77.7 Å². The molecule has 1 aromatic heterocycles. The van der Waals surface area contributed by atoms with Crippen LogP contribution >= 0.6 is 0 Å². The first kappa shape index (κ1) is 17.6. The van der Waals surface area contributed by atoms with Gasteiger partial charge in [0.2, 0.25) is 0 Å². The summed E-state index contributed by atoms with van der Waals surface area (Å²) in [6, 6.07) is 17.1. The number of nitrogens with zero attached hydrogens (tertiary/aromatic N) is 2. The molecule has 5 nitrogen and oxygen atoms in total. The Morgan fingerprint density at radius 1 is 1.08 bits per heavy atom. The molecule has 0 atom stereocenters. The van der Waals surface area contributed by atoms with Gasteiger partial charge in [-0.3, -0.25) is 0 Å². The van der Waals surface area contributed by atoms with E-state index in [9.17, 15) is 9.90 Å². The lowest BCUT2D eigenvalue weighted by Gasteiger charge is -2.10. The van der Waals surface area contributed by atoms with E-state index in [0.717, 1.165) is 24.2 Å². The number of aromatic carboxylic acids is 1. The van der Waals surface area contributed by atoms with Gasteiger partial charge in [-0.25, -0.2) is 14.8 Å². The normalized spacial score (nSPS) is 10.5. The Hall–Kier alpha value is -3.21. The fourth-order valence-corrected chi connectivity index (χ4v) is 2.72. The van der Waals surface area contributed by atoms with Crippen LogP contribution in [-0.2, 0) is 12.8 Å². The lowest BCUT2D eigenvalue weighted by atomic mass is 10.1. The predicted molar refractivity (Wildman–Crippen MR) is 99.4 cm³/mol. The molecule has 1 N–H and O–H groups in total. The summed E-state index contributed by atoms with van der Waals surface area (Å²) in [7, 11) is 0. The molecule has 0 aliphatic carbocycles. The van der Waals surface area contributed by atoms with Crippen LogP contribution in [0.15, 0.2) is 60.8 Å². The summed E-state index contributed by atoms with van der Waals surface area (Å²) in [4.78, 5) is 20.4. The highest BCUT2D eigenvalue weighted by atomic mass is 16.5. The highest BCUT2D eigenvalue weighted by molar-refractivity contribution is 5.92. The second-order valence-electron chi connectivity index (χ2n) is 5.79. The number of hydrogen-bond donors (Lipinski definition) is 1. The molecule has 3 aromatic rings. The van der Waals surface area contributed by atoms with Crippen molar-refractivity contribution in [2.75, 3.05) is 6.61 Å². The van der Waals surface area contributed by atoms with E-state index in [1.54, 1.807) is 24.4 Å². The molecule has 0 amide bonds. The van der Waals surface area contributed by atoms with Crippen molar-refractivity contribution < 1.29 is 14.6 Å². The number of hydrogen-bond acceptors (Lipinski definition) is 4. The Morgan fingerprint density at radius 2 is 1.88 bits per heavy atom. The molecule has 2 aromatic carbocycles. The van der Waals surface area contributed by atoms with Gasteiger partial charge in [0.15, 0.2) is 0 Å². The van der Waals surface area contributed by atoms with Crippen LogP contribution < -0.4 is 4.74 Å². The SMILES string of the molecule is CCOc1ccc(-c2ccnc(CCc3ccccc3)n2)cc1C(=O)O.